The molecule has 2 atom stereocenters. The van der Waals surface area contributed by atoms with E-state index in [1.807, 2.05) is 11.9 Å². The molecule has 2 saturated heterocycles. The molecule has 4 nitrogen and oxygen atoms in total. The Morgan fingerprint density at radius 2 is 2.27 bits per heavy atom. The number of rotatable bonds is 2. The predicted molar refractivity (Wildman–Crippen MR) is 59.6 cm³/mol. The molecule has 2 fully saturated rings. The lowest BCUT2D eigenvalue weighted by Gasteiger charge is -2.26. The second-order valence-electron chi connectivity index (χ2n) is 4.84. The molecule has 1 N–H and O–H groups in total. The molecule has 2 rings (SSSR count). The Bertz CT molecular complexity index is 238. The molecule has 0 aromatic heterocycles. The molecule has 15 heavy (non-hydrogen) atoms. The third-order valence-corrected chi connectivity index (χ3v) is 3.67. The lowest BCUT2D eigenvalue weighted by molar-refractivity contribution is -0.135. The summed E-state index contributed by atoms with van der Waals surface area (Å²) in [6, 6.07) is 0.420. The standard InChI is InChI=1S/C11H21N3O/c1-13-6-4-9(8-13)11(15)14(2)10-3-5-12-7-10/h9-10,12H,3-8H2,1-2H3. The summed E-state index contributed by atoms with van der Waals surface area (Å²) in [5, 5.41) is 3.30. The van der Waals surface area contributed by atoms with Crippen molar-refractivity contribution < 1.29 is 4.79 Å². The first-order valence-corrected chi connectivity index (χ1v) is 5.84. The molecule has 0 aliphatic carbocycles. The van der Waals surface area contributed by atoms with E-state index in [-0.39, 0.29) is 5.92 Å². The normalized spacial score (nSPS) is 32.1. The summed E-state index contributed by atoms with van der Waals surface area (Å²) in [5.41, 5.74) is 0. The Balaban J connectivity index is 1.89. The van der Waals surface area contributed by atoms with Gasteiger partial charge in [-0.05, 0) is 33.0 Å². The highest BCUT2D eigenvalue weighted by Crippen LogP contribution is 2.19. The van der Waals surface area contributed by atoms with E-state index in [0.717, 1.165) is 39.0 Å². The van der Waals surface area contributed by atoms with E-state index in [4.69, 9.17) is 0 Å². The Morgan fingerprint density at radius 1 is 1.47 bits per heavy atom. The first-order valence-electron chi connectivity index (χ1n) is 5.84. The van der Waals surface area contributed by atoms with Gasteiger partial charge < -0.3 is 15.1 Å². The second-order valence-corrected chi connectivity index (χ2v) is 4.84. The number of likely N-dealkylation sites (N-methyl/N-ethyl adjacent to an activating group) is 1. The summed E-state index contributed by atoms with van der Waals surface area (Å²) < 4.78 is 0. The summed E-state index contributed by atoms with van der Waals surface area (Å²) in [6.45, 7) is 4.01. The number of hydrogen-bond donors (Lipinski definition) is 1. The molecule has 86 valence electrons. The number of carbonyl (C=O) groups excluding carboxylic acids is 1. The number of nitrogens with one attached hydrogen (secondary N) is 1. The topological polar surface area (TPSA) is 35.6 Å². The quantitative estimate of drug-likeness (QED) is 0.684. The molecule has 0 radical (unpaired) electrons. The smallest absolute Gasteiger partial charge is 0.227 e. The van der Waals surface area contributed by atoms with Gasteiger partial charge in [0.15, 0.2) is 0 Å². The average molecular weight is 211 g/mol. The molecule has 2 heterocycles. The second kappa shape index (κ2) is 4.49. The lowest BCUT2D eigenvalue weighted by atomic mass is 10.1. The van der Waals surface area contributed by atoms with Crippen molar-refractivity contribution in [2.24, 2.45) is 5.92 Å². The highest BCUT2D eigenvalue weighted by atomic mass is 16.2. The molecule has 2 unspecified atom stereocenters. The molecule has 0 bridgehead atoms. The molecule has 0 aromatic carbocycles. The van der Waals surface area contributed by atoms with Crippen molar-refractivity contribution in [3.05, 3.63) is 0 Å². The van der Waals surface area contributed by atoms with Crippen molar-refractivity contribution in [3.63, 3.8) is 0 Å². The van der Waals surface area contributed by atoms with Gasteiger partial charge in [0.05, 0.1) is 5.92 Å². The average Bonchev–Trinajstić information content (AvgIpc) is 2.85. The fraction of sp³-hybridized carbons (Fsp3) is 0.909. The zero-order valence-electron chi connectivity index (χ0n) is 9.70. The molecule has 2 aliphatic rings. The Kier molecular flexibility index (Phi) is 3.26. The van der Waals surface area contributed by atoms with Gasteiger partial charge in [-0.15, -0.1) is 0 Å². The minimum absolute atomic E-state index is 0.237. The predicted octanol–water partition coefficient (Wildman–Crippen LogP) is -0.242. The number of carbonyl (C=O) groups is 1. The summed E-state index contributed by atoms with van der Waals surface area (Å²) in [4.78, 5) is 16.4. The van der Waals surface area contributed by atoms with Crippen LogP contribution in [-0.4, -0.2) is 62.0 Å². The van der Waals surface area contributed by atoms with Gasteiger partial charge in [-0.3, -0.25) is 4.79 Å². The highest BCUT2D eigenvalue weighted by molar-refractivity contribution is 5.79. The van der Waals surface area contributed by atoms with Gasteiger partial charge in [-0.25, -0.2) is 0 Å². The lowest BCUT2D eigenvalue weighted by Crippen LogP contribution is -2.42. The number of likely N-dealkylation sites (tertiary alicyclic amines) is 1. The van der Waals surface area contributed by atoms with Gasteiger partial charge >= 0.3 is 0 Å². The van der Waals surface area contributed by atoms with E-state index < -0.39 is 0 Å². The van der Waals surface area contributed by atoms with Gasteiger partial charge in [0, 0.05) is 26.2 Å². The maximum atomic E-state index is 12.1. The first kappa shape index (κ1) is 10.9. The summed E-state index contributed by atoms with van der Waals surface area (Å²) in [5.74, 6) is 0.577. The Morgan fingerprint density at radius 3 is 2.80 bits per heavy atom. The van der Waals surface area contributed by atoms with Gasteiger partial charge in [0.2, 0.25) is 5.91 Å². The Hall–Kier alpha value is -0.610. The van der Waals surface area contributed by atoms with Crippen LogP contribution in [0, 0.1) is 5.92 Å². The van der Waals surface area contributed by atoms with E-state index in [2.05, 4.69) is 17.3 Å². The van der Waals surface area contributed by atoms with Gasteiger partial charge in [0.1, 0.15) is 0 Å². The van der Waals surface area contributed by atoms with Crippen LogP contribution in [0.25, 0.3) is 0 Å². The van der Waals surface area contributed by atoms with Crippen LogP contribution in [0.15, 0.2) is 0 Å². The van der Waals surface area contributed by atoms with Crippen LogP contribution in [-0.2, 0) is 4.79 Å². The minimum Gasteiger partial charge on any atom is -0.341 e. The molecule has 0 spiro atoms. The van der Waals surface area contributed by atoms with E-state index >= 15 is 0 Å². The summed E-state index contributed by atoms with van der Waals surface area (Å²) in [7, 11) is 4.04. The van der Waals surface area contributed by atoms with E-state index in [1.54, 1.807) is 0 Å². The number of nitrogens with zero attached hydrogens (tertiary/aromatic N) is 2. The zero-order valence-corrected chi connectivity index (χ0v) is 9.70. The van der Waals surface area contributed by atoms with Crippen molar-refractivity contribution in [1.82, 2.24) is 15.1 Å². The molecule has 0 aromatic rings. The Labute approximate surface area is 91.6 Å². The van der Waals surface area contributed by atoms with Crippen molar-refractivity contribution in [2.45, 2.75) is 18.9 Å². The van der Waals surface area contributed by atoms with Crippen molar-refractivity contribution >= 4 is 5.91 Å². The first-order chi connectivity index (χ1) is 7.18. The summed E-state index contributed by atoms with van der Waals surface area (Å²) in [6.07, 6.45) is 2.13. The number of amides is 1. The third kappa shape index (κ3) is 2.32. The summed E-state index contributed by atoms with van der Waals surface area (Å²) >= 11 is 0. The third-order valence-electron chi connectivity index (χ3n) is 3.67. The van der Waals surface area contributed by atoms with E-state index in [9.17, 15) is 4.79 Å². The number of hydrogen-bond acceptors (Lipinski definition) is 3. The van der Waals surface area contributed by atoms with Crippen LogP contribution >= 0.6 is 0 Å². The SMILES string of the molecule is CN1CCC(C(=O)N(C)C2CCNC2)C1. The van der Waals surface area contributed by atoms with Crippen LogP contribution in [0.1, 0.15) is 12.8 Å². The molecular formula is C11H21N3O. The fourth-order valence-electron chi connectivity index (χ4n) is 2.57. The minimum atomic E-state index is 0.237. The molecule has 4 heteroatoms. The van der Waals surface area contributed by atoms with Crippen LogP contribution in [0.3, 0.4) is 0 Å². The maximum absolute atomic E-state index is 12.1. The largest absolute Gasteiger partial charge is 0.341 e. The van der Waals surface area contributed by atoms with Crippen molar-refractivity contribution in [1.29, 1.82) is 0 Å². The van der Waals surface area contributed by atoms with Gasteiger partial charge in [0.25, 0.3) is 0 Å². The maximum Gasteiger partial charge on any atom is 0.227 e. The van der Waals surface area contributed by atoms with Crippen LogP contribution in [0.2, 0.25) is 0 Å². The van der Waals surface area contributed by atoms with Crippen LogP contribution in [0.4, 0.5) is 0 Å². The van der Waals surface area contributed by atoms with Gasteiger partial charge in [-0.2, -0.15) is 0 Å². The van der Waals surface area contributed by atoms with E-state index in [0.29, 0.717) is 11.9 Å². The highest BCUT2D eigenvalue weighted by Gasteiger charge is 2.32. The monoisotopic (exact) mass is 211 g/mol. The van der Waals surface area contributed by atoms with Gasteiger partial charge in [-0.1, -0.05) is 0 Å². The molecular weight excluding hydrogens is 190 g/mol. The zero-order chi connectivity index (χ0) is 10.8. The fourth-order valence-corrected chi connectivity index (χ4v) is 2.57. The van der Waals surface area contributed by atoms with E-state index in [1.165, 1.54) is 0 Å². The molecule has 1 amide bonds. The van der Waals surface area contributed by atoms with Crippen molar-refractivity contribution in [2.75, 3.05) is 40.3 Å². The van der Waals surface area contributed by atoms with Crippen LogP contribution in [0.5, 0.6) is 0 Å². The molecule has 0 saturated carbocycles. The van der Waals surface area contributed by atoms with Crippen LogP contribution < -0.4 is 5.32 Å². The van der Waals surface area contributed by atoms with Crippen molar-refractivity contribution in [3.8, 4) is 0 Å². The molecule has 2 aliphatic heterocycles.